The number of nitrogens with zero attached hydrogens (tertiary/aromatic N) is 2. The lowest BCUT2D eigenvalue weighted by Crippen LogP contribution is -2.45. The fourth-order valence-corrected chi connectivity index (χ4v) is 6.47. The number of ether oxygens (including phenoxy) is 1. The monoisotopic (exact) mass is 544 g/mol. The predicted octanol–water partition coefficient (Wildman–Crippen LogP) is 5.93. The first-order chi connectivity index (χ1) is 15.0. The lowest BCUT2D eigenvalue weighted by atomic mass is 9.85. The first-order valence-electron chi connectivity index (χ1n) is 10.3. The number of thioether (sulfide) groups is 1. The number of hydrogen-bond acceptors (Lipinski definition) is 4. The Morgan fingerprint density at radius 3 is 2.78 bits per heavy atom. The first-order valence-corrected chi connectivity index (χ1v) is 15.6. The van der Waals surface area contributed by atoms with E-state index < -0.39 is 36.9 Å². The van der Waals surface area contributed by atoms with Gasteiger partial charge < -0.3 is 9.84 Å². The second-order valence-electron chi connectivity index (χ2n) is 9.26. The summed E-state index contributed by atoms with van der Waals surface area (Å²) in [4.78, 5) is 17.6. The van der Waals surface area contributed by atoms with Gasteiger partial charge in [-0.2, -0.15) is 0 Å². The highest BCUT2D eigenvalue weighted by Gasteiger charge is 2.69. The van der Waals surface area contributed by atoms with Crippen LogP contribution in [0.2, 0.25) is 25.7 Å². The van der Waals surface area contributed by atoms with Crippen molar-refractivity contribution in [2.75, 3.05) is 20.0 Å². The molecule has 1 aromatic rings. The van der Waals surface area contributed by atoms with Crippen LogP contribution in [-0.2, 0) is 10.3 Å². The van der Waals surface area contributed by atoms with Gasteiger partial charge in [-0.3, -0.25) is 0 Å². The number of hydrogen-bond donors (Lipinski definition) is 1. The van der Waals surface area contributed by atoms with Gasteiger partial charge in [-0.15, -0.1) is 5.92 Å². The van der Waals surface area contributed by atoms with E-state index in [2.05, 4.69) is 52.4 Å². The number of halogens is 3. The topological polar surface area (TPSA) is 62.1 Å². The van der Waals surface area contributed by atoms with E-state index >= 15 is 0 Å². The number of amidine groups is 1. The van der Waals surface area contributed by atoms with Crippen LogP contribution in [0.5, 0.6) is 0 Å². The standard InChI is InChI=1S/C22H27BrF2N2O3SSi/c1-5-8-21-12-18(21)22(13-24,16-11-15(23)6-7-17(16)25)26-19(31-21)27(20(28)29)14-30-9-10-32(2,3)4/h6-7,11,18H,9-10,12-14H2,1-4H3,(H,28,29)/t18-,21+,22-/m1/s1. The van der Waals surface area contributed by atoms with E-state index in [0.29, 0.717) is 17.5 Å². The molecule has 0 unspecified atom stereocenters. The lowest BCUT2D eigenvalue weighted by Gasteiger charge is -2.36. The molecule has 5 nitrogen and oxygen atoms in total. The quantitative estimate of drug-likeness (QED) is 0.200. The van der Waals surface area contributed by atoms with Crippen molar-refractivity contribution in [2.45, 2.75) is 49.3 Å². The Kier molecular flexibility index (Phi) is 7.44. The molecule has 0 aromatic heterocycles. The number of fused-ring (bicyclic) bond motifs is 1. The van der Waals surface area contributed by atoms with Gasteiger partial charge in [0.2, 0.25) is 0 Å². The maximum absolute atomic E-state index is 14.9. The number of carbonyl (C=O) groups is 1. The van der Waals surface area contributed by atoms with Gasteiger partial charge in [0.25, 0.3) is 0 Å². The van der Waals surface area contributed by atoms with Crippen LogP contribution in [0.1, 0.15) is 18.9 Å². The minimum Gasteiger partial charge on any atom is -0.465 e. The molecule has 1 amide bonds. The average Bonchev–Trinajstić information content (AvgIpc) is 3.42. The highest BCUT2D eigenvalue weighted by atomic mass is 79.9. The molecule has 2 aliphatic rings. The Bertz CT molecular complexity index is 994. The Morgan fingerprint density at radius 2 is 2.19 bits per heavy atom. The number of amides is 1. The summed E-state index contributed by atoms with van der Waals surface area (Å²) >= 11 is 4.53. The number of aliphatic imine (C=N–C) groups is 1. The molecule has 3 atom stereocenters. The van der Waals surface area contributed by atoms with E-state index in [-0.39, 0.29) is 23.4 Å². The van der Waals surface area contributed by atoms with Gasteiger partial charge in [0.05, 0.1) is 4.75 Å². The molecule has 0 saturated heterocycles. The molecule has 0 radical (unpaired) electrons. The van der Waals surface area contributed by atoms with E-state index in [1.54, 1.807) is 6.92 Å². The van der Waals surface area contributed by atoms with Gasteiger partial charge in [0.15, 0.2) is 5.17 Å². The third-order valence-corrected chi connectivity index (χ3v) is 9.28. The van der Waals surface area contributed by atoms with Crippen LogP contribution in [0.15, 0.2) is 27.7 Å². The van der Waals surface area contributed by atoms with Gasteiger partial charge in [0.1, 0.15) is 24.8 Å². The molecule has 0 bridgehead atoms. The normalized spacial score (nSPS) is 26.5. The summed E-state index contributed by atoms with van der Waals surface area (Å²) in [5.41, 5.74) is -1.45. The van der Waals surface area contributed by atoms with E-state index in [4.69, 9.17) is 4.74 Å². The number of alkyl halides is 1. The molecular weight excluding hydrogens is 518 g/mol. The molecule has 1 aliphatic heterocycles. The maximum atomic E-state index is 14.9. The van der Waals surface area contributed by atoms with Gasteiger partial charge in [0, 0.05) is 30.6 Å². The Hall–Kier alpha value is -1.41. The fourth-order valence-electron chi connectivity index (χ4n) is 3.84. The molecule has 174 valence electrons. The van der Waals surface area contributed by atoms with Crippen LogP contribution in [0, 0.1) is 23.6 Å². The molecule has 1 aromatic carbocycles. The molecule has 0 spiro atoms. The highest BCUT2D eigenvalue weighted by molar-refractivity contribution is 9.10. The van der Waals surface area contributed by atoms with Crippen LogP contribution in [0.4, 0.5) is 13.6 Å². The van der Waals surface area contributed by atoms with Crippen LogP contribution < -0.4 is 0 Å². The maximum Gasteiger partial charge on any atom is 0.415 e. The molecule has 1 aliphatic carbocycles. The summed E-state index contributed by atoms with van der Waals surface area (Å²) < 4.78 is 35.2. The zero-order chi connectivity index (χ0) is 23.7. The number of benzene rings is 1. The SMILES string of the molecule is CC#C[C@]12C[C@H]1[C@@](CF)(c1cc(Br)ccc1F)N=C(N(COCC[Si](C)(C)C)C(=O)O)S2. The second-order valence-corrected chi connectivity index (χ2v) is 17.1. The van der Waals surface area contributed by atoms with Crippen LogP contribution in [-0.4, -0.2) is 54.1 Å². The summed E-state index contributed by atoms with van der Waals surface area (Å²) in [5.74, 6) is 5.04. The van der Waals surface area contributed by atoms with Gasteiger partial charge in [-0.05, 0) is 37.6 Å². The van der Waals surface area contributed by atoms with Gasteiger partial charge in [-0.1, -0.05) is 53.3 Å². The van der Waals surface area contributed by atoms with E-state index in [9.17, 15) is 18.7 Å². The zero-order valence-electron chi connectivity index (χ0n) is 18.5. The van der Waals surface area contributed by atoms with Crippen molar-refractivity contribution < 1.29 is 23.4 Å². The second kappa shape index (κ2) is 9.45. The molecule has 1 fully saturated rings. The molecule has 1 saturated carbocycles. The third-order valence-electron chi connectivity index (χ3n) is 5.67. The lowest BCUT2D eigenvalue weighted by molar-refractivity contribution is 0.0699. The van der Waals surface area contributed by atoms with Crippen molar-refractivity contribution in [2.24, 2.45) is 10.9 Å². The fraction of sp³-hybridized carbons (Fsp3) is 0.545. The summed E-state index contributed by atoms with van der Waals surface area (Å²) in [5, 5.41) is 9.94. The van der Waals surface area contributed by atoms with Crippen molar-refractivity contribution in [3.63, 3.8) is 0 Å². The average molecular weight is 546 g/mol. The number of rotatable bonds is 7. The molecule has 1 heterocycles. The van der Waals surface area contributed by atoms with E-state index in [0.717, 1.165) is 10.9 Å². The molecule has 3 rings (SSSR count). The van der Waals surface area contributed by atoms with Crippen LogP contribution in [0.3, 0.4) is 0 Å². The minimum atomic E-state index is -1.55. The van der Waals surface area contributed by atoms with Crippen molar-refractivity contribution in [3.05, 3.63) is 34.1 Å². The first kappa shape index (κ1) is 25.2. The van der Waals surface area contributed by atoms with Crippen molar-refractivity contribution >= 4 is 47.0 Å². The molecule has 1 N–H and O–H groups in total. The third kappa shape index (κ3) is 5.06. The molecule has 10 heteroatoms. The predicted molar refractivity (Wildman–Crippen MR) is 130 cm³/mol. The highest BCUT2D eigenvalue weighted by Crippen LogP contribution is 2.66. The van der Waals surface area contributed by atoms with E-state index in [1.165, 1.54) is 30.0 Å². The smallest absolute Gasteiger partial charge is 0.415 e. The Balaban J connectivity index is 2.01. The number of carboxylic acid groups (broad SMARTS) is 1. The summed E-state index contributed by atoms with van der Waals surface area (Å²) in [7, 11) is -1.35. The molecular formula is C22H27BrF2N2O3SSi. The molecule has 32 heavy (non-hydrogen) atoms. The minimum absolute atomic E-state index is 0.0824. The van der Waals surface area contributed by atoms with Crippen LogP contribution in [0.25, 0.3) is 0 Å². The Labute approximate surface area is 201 Å². The van der Waals surface area contributed by atoms with E-state index in [1.807, 2.05) is 0 Å². The summed E-state index contributed by atoms with van der Waals surface area (Å²) in [6.45, 7) is 7.52. The van der Waals surface area contributed by atoms with Crippen molar-refractivity contribution in [1.29, 1.82) is 0 Å². The Morgan fingerprint density at radius 1 is 1.47 bits per heavy atom. The van der Waals surface area contributed by atoms with Gasteiger partial charge in [-0.25, -0.2) is 23.5 Å². The summed E-state index contributed by atoms with van der Waals surface area (Å²) in [6, 6.07) is 5.20. The van der Waals surface area contributed by atoms with Crippen LogP contribution >= 0.6 is 27.7 Å². The van der Waals surface area contributed by atoms with Crippen molar-refractivity contribution in [3.8, 4) is 11.8 Å². The summed E-state index contributed by atoms with van der Waals surface area (Å²) in [6.07, 6.45) is -0.767. The van der Waals surface area contributed by atoms with Crippen molar-refractivity contribution in [1.82, 2.24) is 4.90 Å². The van der Waals surface area contributed by atoms with Gasteiger partial charge >= 0.3 is 6.09 Å². The largest absolute Gasteiger partial charge is 0.465 e. The zero-order valence-corrected chi connectivity index (χ0v) is 21.9.